The number of amides is 2. The standard InChI is InChI=1S/C19H16ClFN2O4/c20-13-5-7-14(8-6-13)23-10-12(9-18(23)25)19(26)27-11-17(24)22-16-4-2-1-3-15(16)21/h1-8,12H,9-11H2,(H,22,24)/t12-/m1/s1. The average Bonchev–Trinajstić information content (AvgIpc) is 3.04. The fourth-order valence-corrected chi connectivity index (χ4v) is 2.87. The number of hydrogen-bond acceptors (Lipinski definition) is 4. The number of para-hydroxylation sites is 1. The fourth-order valence-electron chi connectivity index (χ4n) is 2.74. The van der Waals surface area contributed by atoms with Gasteiger partial charge < -0.3 is 15.0 Å². The van der Waals surface area contributed by atoms with Crippen LogP contribution in [0.4, 0.5) is 15.8 Å². The van der Waals surface area contributed by atoms with Gasteiger partial charge in [0, 0.05) is 23.7 Å². The second-order valence-corrected chi connectivity index (χ2v) is 6.45. The van der Waals surface area contributed by atoms with Crippen molar-refractivity contribution in [1.82, 2.24) is 0 Å². The Kier molecular flexibility index (Phi) is 5.71. The van der Waals surface area contributed by atoms with Crippen LogP contribution in [-0.2, 0) is 19.1 Å². The van der Waals surface area contributed by atoms with Gasteiger partial charge in [-0.3, -0.25) is 14.4 Å². The highest BCUT2D eigenvalue weighted by Gasteiger charge is 2.36. The zero-order chi connectivity index (χ0) is 19.4. The summed E-state index contributed by atoms with van der Waals surface area (Å²) in [6, 6.07) is 12.4. The summed E-state index contributed by atoms with van der Waals surface area (Å²) in [5.41, 5.74) is 0.639. The van der Waals surface area contributed by atoms with E-state index in [2.05, 4.69) is 5.32 Å². The fraction of sp³-hybridized carbons (Fsp3) is 0.211. The summed E-state index contributed by atoms with van der Waals surface area (Å²) in [4.78, 5) is 37.6. The number of rotatable bonds is 5. The molecule has 2 amide bonds. The van der Waals surface area contributed by atoms with E-state index >= 15 is 0 Å². The van der Waals surface area contributed by atoms with Crippen molar-refractivity contribution in [2.45, 2.75) is 6.42 Å². The molecule has 1 aliphatic heterocycles. The highest BCUT2D eigenvalue weighted by Crippen LogP contribution is 2.27. The van der Waals surface area contributed by atoms with Crippen molar-refractivity contribution in [3.8, 4) is 0 Å². The minimum atomic E-state index is -0.672. The van der Waals surface area contributed by atoms with E-state index in [9.17, 15) is 18.8 Å². The van der Waals surface area contributed by atoms with Crippen molar-refractivity contribution in [3.05, 3.63) is 59.4 Å². The molecule has 140 valence electrons. The van der Waals surface area contributed by atoms with Gasteiger partial charge in [0.2, 0.25) is 5.91 Å². The predicted molar refractivity (Wildman–Crippen MR) is 97.9 cm³/mol. The monoisotopic (exact) mass is 390 g/mol. The van der Waals surface area contributed by atoms with E-state index in [1.54, 1.807) is 30.3 Å². The smallest absolute Gasteiger partial charge is 0.311 e. The minimum absolute atomic E-state index is 0.00325. The second kappa shape index (κ2) is 8.18. The van der Waals surface area contributed by atoms with Crippen molar-refractivity contribution in [2.24, 2.45) is 5.92 Å². The van der Waals surface area contributed by atoms with E-state index in [0.717, 1.165) is 0 Å². The summed E-state index contributed by atoms with van der Waals surface area (Å²) in [5, 5.41) is 2.87. The number of nitrogens with zero attached hydrogens (tertiary/aromatic N) is 1. The van der Waals surface area contributed by atoms with Crippen LogP contribution in [0.15, 0.2) is 48.5 Å². The van der Waals surface area contributed by atoms with Gasteiger partial charge in [-0.25, -0.2) is 4.39 Å². The summed E-state index contributed by atoms with van der Waals surface area (Å²) in [6.07, 6.45) is -0.00358. The summed E-state index contributed by atoms with van der Waals surface area (Å²) >= 11 is 5.83. The molecule has 1 fully saturated rings. The molecule has 1 heterocycles. The van der Waals surface area contributed by atoms with E-state index in [1.807, 2.05) is 0 Å². The molecule has 6 nitrogen and oxygen atoms in total. The number of hydrogen-bond donors (Lipinski definition) is 1. The normalized spacial score (nSPS) is 16.3. The molecular weight excluding hydrogens is 375 g/mol. The number of halogens is 2. The molecule has 0 aliphatic carbocycles. The number of carbonyl (C=O) groups excluding carboxylic acids is 3. The lowest BCUT2D eigenvalue weighted by molar-refractivity contribution is -0.151. The molecule has 8 heteroatoms. The molecule has 1 aliphatic rings. The molecule has 1 saturated heterocycles. The maximum atomic E-state index is 13.5. The quantitative estimate of drug-likeness (QED) is 0.796. The molecule has 1 N–H and O–H groups in total. The van der Waals surface area contributed by atoms with Crippen molar-refractivity contribution < 1.29 is 23.5 Å². The molecule has 1 atom stereocenters. The highest BCUT2D eigenvalue weighted by molar-refractivity contribution is 6.30. The van der Waals surface area contributed by atoms with Crippen LogP contribution in [-0.4, -0.2) is 30.9 Å². The summed E-state index contributed by atoms with van der Waals surface area (Å²) in [5.74, 6) is -2.78. The van der Waals surface area contributed by atoms with Crippen LogP contribution >= 0.6 is 11.6 Å². The zero-order valence-corrected chi connectivity index (χ0v) is 14.9. The third-order valence-electron chi connectivity index (χ3n) is 4.09. The van der Waals surface area contributed by atoms with Crippen LogP contribution in [0.1, 0.15) is 6.42 Å². The largest absolute Gasteiger partial charge is 0.455 e. The number of anilines is 2. The third-order valence-corrected chi connectivity index (χ3v) is 4.34. The van der Waals surface area contributed by atoms with Crippen molar-refractivity contribution in [2.75, 3.05) is 23.4 Å². The Bertz CT molecular complexity index is 872. The van der Waals surface area contributed by atoms with Gasteiger partial charge in [0.05, 0.1) is 11.6 Å². The molecule has 0 saturated carbocycles. The number of esters is 1. The van der Waals surface area contributed by atoms with E-state index in [4.69, 9.17) is 16.3 Å². The van der Waals surface area contributed by atoms with Gasteiger partial charge in [-0.2, -0.15) is 0 Å². The Balaban J connectivity index is 1.53. The van der Waals surface area contributed by atoms with Gasteiger partial charge in [-0.05, 0) is 36.4 Å². The average molecular weight is 391 g/mol. The number of nitrogens with one attached hydrogen (secondary N) is 1. The van der Waals surface area contributed by atoms with Gasteiger partial charge >= 0.3 is 5.97 Å². The Morgan fingerprint density at radius 2 is 1.89 bits per heavy atom. The maximum absolute atomic E-state index is 13.5. The first-order valence-corrected chi connectivity index (χ1v) is 8.59. The first-order chi connectivity index (χ1) is 12.9. The van der Waals surface area contributed by atoms with Crippen LogP contribution in [0.25, 0.3) is 0 Å². The Hall–Kier alpha value is -2.93. The Morgan fingerprint density at radius 3 is 2.59 bits per heavy atom. The molecule has 0 radical (unpaired) electrons. The number of benzene rings is 2. The molecule has 0 spiro atoms. The number of ether oxygens (including phenoxy) is 1. The highest BCUT2D eigenvalue weighted by atomic mass is 35.5. The summed E-state index contributed by atoms with van der Waals surface area (Å²) in [6.45, 7) is -0.396. The van der Waals surface area contributed by atoms with Crippen LogP contribution in [0.2, 0.25) is 5.02 Å². The topological polar surface area (TPSA) is 75.7 Å². The van der Waals surface area contributed by atoms with Gasteiger partial charge in [0.15, 0.2) is 6.61 Å². The summed E-state index contributed by atoms with van der Waals surface area (Å²) < 4.78 is 18.5. The van der Waals surface area contributed by atoms with Crippen LogP contribution < -0.4 is 10.2 Å². The first-order valence-electron chi connectivity index (χ1n) is 8.21. The van der Waals surface area contributed by atoms with E-state index in [-0.39, 0.29) is 24.6 Å². The molecule has 3 rings (SSSR count). The van der Waals surface area contributed by atoms with E-state index in [1.165, 1.54) is 23.1 Å². The van der Waals surface area contributed by atoms with Crippen molar-refractivity contribution >= 4 is 40.8 Å². The Morgan fingerprint density at radius 1 is 1.19 bits per heavy atom. The minimum Gasteiger partial charge on any atom is -0.455 e. The van der Waals surface area contributed by atoms with Crippen molar-refractivity contribution in [1.29, 1.82) is 0 Å². The van der Waals surface area contributed by atoms with Crippen LogP contribution in [0.3, 0.4) is 0 Å². The first kappa shape index (κ1) is 18.8. The second-order valence-electron chi connectivity index (χ2n) is 6.02. The van der Waals surface area contributed by atoms with E-state index < -0.39 is 30.2 Å². The lowest BCUT2D eigenvalue weighted by Crippen LogP contribution is -2.28. The molecule has 0 unspecified atom stereocenters. The van der Waals surface area contributed by atoms with Crippen molar-refractivity contribution in [3.63, 3.8) is 0 Å². The molecule has 0 bridgehead atoms. The third kappa shape index (κ3) is 4.62. The zero-order valence-electron chi connectivity index (χ0n) is 14.2. The lowest BCUT2D eigenvalue weighted by atomic mass is 10.1. The Labute approximate surface area is 159 Å². The molecule has 2 aromatic carbocycles. The van der Waals surface area contributed by atoms with Gasteiger partial charge in [-0.15, -0.1) is 0 Å². The SMILES string of the molecule is O=C(COC(=O)[C@@H]1CC(=O)N(c2ccc(Cl)cc2)C1)Nc1ccccc1F. The van der Waals surface area contributed by atoms with Gasteiger partial charge in [-0.1, -0.05) is 23.7 Å². The molecule has 0 aromatic heterocycles. The number of carbonyl (C=O) groups is 3. The molecule has 2 aromatic rings. The van der Waals surface area contributed by atoms with Gasteiger partial charge in [0.1, 0.15) is 5.82 Å². The molecular formula is C19H16ClFN2O4. The maximum Gasteiger partial charge on any atom is 0.311 e. The lowest BCUT2D eigenvalue weighted by Gasteiger charge is -2.16. The van der Waals surface area contributed by atoms with Crippen LogP contribution in [0, 0.1) is 11.7 Å². The predicted octanol–water partition coefficient (Wildman–Crippen LogP) is 3.01. The van der Waals surface area contributed by atoms with Crippen LogP contribution in [0.5, 0.6) is 0 Å². The van der Waals surface area contributed by atoms with Gasteiger partial charge in [0.25, 0.3) is 5.91 Å². The summed E-state index contributed by atoms with van der Waals surface area (Å²) in [7, 11) is 0. The van der Waals surface area contributed by atoms with E-state index in [0.29, 0.717) is 10.7 Å². The molecule has 27 heavy (non-hydrogen) atoms.